The van der Waals surface area contributed by atoms with Gasteiger partial charge in [0.25, 0.3) is 0 Å². The number of carbonyl (C=O) groups excluding carboxylic acids is 1. The molecule has 7 heteroatoms. The molecule has 1 saturated carbocycles. The van der Waals surface area contributed by atoms with Crippen molar-refractivity contribution in [3.8, 4) is 6.07 Å². The summed E-state index contributed by atoms with van der Waals surface area (Å²) < 4.78 is 6.30. The van der Waals surface area contributed by atoms with E-state index in [1.54, 1.807) is 19.2 Å². The van der Waals surface area contributed by atoms with E-state index in [0.717, 1.165) is 47.8 Å². The second-order valence-corrected chi connectivity index (χ2v) is 9.30. The number of rotatable bonds is 5. The van der Waals surface area contributed by atoms with Gasteiger partial charge in [0.15, 0.2) is 5.58 Å². The number of halogens is 1. The number of ketones is 1. The highest BCUT2D eigenvalue weighted by molar-refractivity contribution is 9.10. The topological polar surface area (TPSA) is 82.2 Å². The van der Waals surface area contributed by atoms with Crippen LogP contribution in [-0.2, 0) is 4.79 Å². The van der Waals surface area contributed by atoms with Gasteiger partial charge in [0.05, 0.1) is 10.7 Å². The van der Waals surface area contributed by atoms with Crippen LogP contribution in [0.2, 0.25) is 0 Å². The first-order chi connectivity index (χ1) is 14.0. The molecule has 3 heterocycles. The molecule has 2 aromatic rings. The third-order valence-electron chi connectivity index (χ3n) is 6.46. The summed E-state index contributed by atoms with van der Waals surface area (Å²) in [5, 5.41) is 13.5. The first-order valence-corrected chi connectivity index (χ1v) is 11.3. The monoisotopic (exact) mass is 458 g/mol. The molecule has 1 aliphatic heterocycles. The van der Waals surface area contributed by atoms with Crippen LogP contribution in [0, 0.1) is 11.3 Å². The van der Waals surface area contributed by atoms with Crippen LogP contribution in [0.3, 0.4) is 0 Å². The smallest absolute Gasteiger partial charge is 0.204 e. The Balaban J connectivity index is 1.40. The molecule has 1 saturated heterocycles. The molecule has 2 fully saturated rings. The molecule has 2 atom stereocenters. The normalized spacial score (nSPS) is 27.8. The molecule has 0 aromatic carbocycles. The molecule has 6 nitrogen and oxygen atoms in total. The number of Topliss-reactive ketones (excluding diaryl/α,β-unsaturated/α-hetero) is 1. The summed E-state index contributed by atoms with van der Waals surface area (Å²) in [6.45, 7) is 4.02. The van der Waals surface area contributed by atoms with Gasteiger partial charge < -0.3 is 9.73 Å². The highest BCUT2D eigenvalue weighted by atomic mass is 79.9. The van der Waals surface area contributed by atoms with Crippen molar-refractivity contribution < 1.29 is 9.21 Å². The zero-order chi connectivity index (χ0) is 20.5. The van der Waals surface area contributed by atoms with Gasteiger partial charge in [-0.05, 0) is 68.3 Å². The van der Waals surface area contributed by atoms with Gasteiger partial charge in [0, 0.05) is 42.0 Å². The molecule has 2 aromatic heterocycles. The lowest BCUT2D eigenvalue weighted by molar-refractivity contribution is -0.118. The van der Waals surface area contributed by atoms with E-state index in [2.05, 4.69) is 38.1 Å². The summed E-state index contributed by atoms with van der Waals surface area (Å²) in [7, 11) is 0. The van der Waals surface area contributed by atoms with E-state index in [9.17, 15) is 4.79 Å². The number of pyridine rings is 1. The van der Waals surface area contributed by atoms with Crippen LogP contribution >= 0.6 is 15.9 Å². The molecule has 29 heavy (non-hydrogen) atoms. The Bertz CT molecular complexity index is 942. The van der Waals surface area contributed by atoms with E-state index >= 15 is 0 Å². The van der Waals surface area contributed by atoms with E-state index in [0.29, 0.717) is 47.7 Å². The molecule has 0 amide bonds. The van der Waals surface area contributed by atoms with E-state index in [1.165, 1.54) is 6.42 Å². The zero-order valence-corrected chi connectivity index (χ0v) is 18.5. The lowest BCUT2D eigenvalue weighted by Crippen LogP contribution is -2.46. The third-order valence-corrected chi connectivity index (χ3v) is 7.26. The Hall–Kier alpha value is -1.91. The fraction of sp³-hybridized carbons (Fsp3) is 0.591. The lowest BCUT2D eigenvalue weighted by atomic mass is 9.89. The largest absolute Gasteiger partial charge is 0.444 e. The summed E-state index contributed by atoms with van der Waals surface area (Å²) in [5.41, 5.74) is 0.613. The fourth-order valence-corrected chi connectivity index (χ4v) is 5.66. The van der Waals surface area contributed by atoms with Crippen molar-refractivity contribution in [1.29, 1.82) is 5.26 Å². The summed E-state index contributed by atoms with van der Waals surface area (Å²) >= 11 is 3.62. The number of hydrogen-bond donors (Lipinski definition) is 1. The van der Waals surface area contributed by atoms with Crippen LogP contribution < -0.4 is 5.32 Å². The molecule has 154 valence electrons. The van der Waals surface area contributed by atoms with Gasteiger partial charge in [0.2, 0.25) is 5.76 Å². The van der Waals surface area contributed by atoms with Crippen molar-refractivity contribution in [2.45, 2.75) is 83.0 Å². The number of aromatic nitrogens is 1. The minimum absolute atomic E-state index is 0.292. The number of carbonyl (C=O) groups is 1. The minimum atomic E-state index is 0.292. The van der Waals surface area contributed by atoms with Crippen LogP contribution in [0.4, 0.5) is 5.82 Å². The van der Waals surface area contributed by atoms with Gasteiger partial charge in [-0.15, -0.1) is 0 Å². The molecule has 4 rings (SSSR count). The quantitative estimate of drug-likeness (QED) is 0.677. The van der Waals surface area contributed by atoms with Crippen LogP contribution in [0.25, 0.3) is 11.0 Å². The molecule has 1 aliphatic carbocycles. The van der Waals surface area contributed by atoms with Gasteiger partial charge in [-0.3, -0.25) is 9.69 Å². The maximum atomic E-state index is 11.7. The molecule has 1 N–H and O–H groups in total. The Morgan fingerprint density at radius 1 is 1.34 bits per heavy atom. The summed E-state index contributed by atoms with van der Waals surface area (Å²) in [4.78, 5) is 18.8. The lowest BCUT2D eigenvalue weighted by Gasteiger charge is -2.40. The first-order valence-electron chi connectivity index (χ1n) is 10.5. The Morgan fingerprint density at radius 2 is 2.10 bits per heavy atom. The summed E-state index contributed by atoms with van der Waals surface area (Å²) in [6, 6.07) is 5.71. The summed E-state index contributed by atoms with van der Waals surface area (Å²) in [6.07, 6.45) is 9.15. The fourth-order valence-electron chi connectivity index (χ4n) is 5.14. The van der Waals surface area contributed by atoms with E-state index in [1.807, 2.05) is 6.07 Å². The van der Waals surface area contributed by atoms with Crippen molar-refractivity contribution in [3.05, 3.63) is 22.5 Å². The highest BCUT2D eigenvalue weighted by Gasteiger charge is 2.37. The van der Waals surface area contributed by atoms with Crippen molar-refractivity contribution in [2.24, 2.45) is 0 Å². The van der Waals surface area contributed by atoms with Gasteiger partial charge in [-0.25, -0.2) is 4.98 Å². The molecular formula is C22H27BrN4O2. The molecule has 2 aliphatic rings. The predicted molar refractivity (Wildman–Crippen MR) is 116 cm³/mol. The van der Waals surface area contributed by atoms with Gasteiger partial charge >= 0.3 is 0 Å². The molecule has 2 unspecified atom stereocenters. The van der Waals surface area contributed by atoms with Crippen LogP contribution in [0.1, 0.15) is 64.6 Å². The van der Waals surface area contributed by atoms with Gasteiger partial charge in [-0.1, -0.05) is 0 Å². The van der Waals surface area contributed by atoms with Crippen molar-refractivity contribution >= 4 is 38.5 Å². The Morgan fingerprint density at radius 3 is 2.79 bits per heavy atom. The maximum Gasteiger partial charge on any atom is 0.204 e. The number of fused-ring (bicyclic) bond motifs is 1. The maximum absolute atomic E-state index is 11.7. The van der Waals surface area contributed by atoms with Gasteiger partial charge in [0.1, 0.15) is 17.7 Å². The average Bonchev–Trinajstić information content (AvgIpc) is 3.28. The third kappa shape index (κ3) is 4.19. The van der Waals surface area contributed by atoms with E-state index < -0.39 is 0 Å². The Labute approximate surface area is 179 Å². The van der Waals surface area contributed by atoms with Crippen molar-refractivity contribution in [2.75, 3.05) is 5.32 Å². The van der Waals surface area contributed by atoms with Crippen LogP contribution in [-0.4, -0.2) is 39.8 Å². The molecule has 0 spiro atoms. The number of furan rings is 1. The second kappa shape index (κ2) is 8.45. The van der Waals surface area contributed by atoms with E-state index in [4.69, 9.17) is 9.68 Å². The SMILES string of the molecule is CC(=O)CC1CCC(C)N1C1CCC(Nc2ncc3oc(C#N)cc3c2Br)CC1. The standard InChI is InChI=1S/C22H27BrN4O2/c1-13-3-6-17(9-14(2)28)27(13)16-7-4-15(5-8-16)26-22-21(23)19-10-18(11-24)29-20(19)12-25-22/h10,12-13,15-17H,3-9H2,1-2H3,(H,25,26). The molecule has 0 radical (unpaired) electrons. The second-order valence-electron chi connectivity index (χ2n) is 8.50. The zero-order valence-electron chi connectivity index (χ0n) is 16.9. The molecular weight excluding hydrogens is 432 g/mol. The average molecular weight is 459 g/mol. The highest BCUT2D eigenvalue weighted by Crippen LogP contribution is 2.36. The minimum Gasteiger partial charge on any atom is -0.444 e. The first kappa shape index (κ1) is 20.4. The molecule has 0 bridgehead atoms. The predicted octanol–water partition coefficient (Wildman–Crippen LogP) is 5.02. The Kier molecular flexibility index (Phi) is 5.93. The number of nitrogens with one attached hydrogen (secondary N) is 1. The summed E-state index contributed by atoms with van der Waals surface area (Å²) in [5.74, 6) is 1.39. The van der Waals surface area contributed by atoms with Gasteiger partial charge in [-0.2, -0.15) is 5.26 Å². The number of nitrogens with zero attached hydrogens (tertiary/aromatic N) is 3. The van der Waals surface area contributed by atoms with Crippen LogP contribution in [0.15, 0.2) is 21.2 Å². The number of nitriles is 1. The number of likely N-dealkylation sites (tertiary alicyclic amines) is 1. The number of hydrogen-bond acceptors (Lipinski definition) is 6. The van der Waals surface area contributed by atoms with E-state index in [-0.39, 0.29) is 0 Å². The number of anilines is 1. The van der Waals surface area contributed by atoms with Crippen molar-refractivity contribution in [3.63, 3.8) is 0 Å². The van der Waals surface area contributed by atoms with Crippen molar-refractivity contribution in [1.82, 2.24) is 9.88 Å². The van der Waals surface area contributed by atoms with Crippen LogP contribution in [0.5, 0.6) is 0 Å².